The molecule has 0 heterocycles. The second kappa shape index (κ2) is 6.72. The number of esters is 2. The maximum absolute atomic E-state index is 12.0. The molecule has 0 rings (SSSR count). The summed E-state index contributed by atoms with van der Waals surface area (Å²) in [6, 6.07) is -1.04. The van der Waals surface area contributed by atoms with Gasteiger partial charge >= 0.3 is 11.9 Å². The normalized spacial score (nSPS) is 13.3. The third-order valence-electron chi connectivity index (χ3n) is 1.86. The lowest BCUT2D eigenvalue weighted by Gasteiger charge is -2.25. The highest BCUT2D eigenvalue weighted by Gasteiger charge is 2.29. The van der Waals surface area contributed by atoms with Gasteiger partial charge in [0, 0.05) is 6.92 Å². The van der Waals surface area contributed by atoms with E-state index in [1.54, 1.807) is 41.5 Å². The summed E-state index contributed by atoms with van der Waals surface area (Å²) in [5.74, 6) is -1.63. The summed E-state index contributed by atoms with van der Waals surface area (Å²) in [5.41, 5.74) is -1.34. The Morgan fingerprint density at radius 2 is 1.40 bits per heavy atom. The standard InChI is InChI=1S/C14H25NO5/c1-9(16)15-10(12(18)20-14(5,6)7)8-11(17)19-13(2,3)4/h10H,8H2,1-7H3,(H,15,16)/t10-/m1/s1. The molecule has 1 amide bonds. The summed E-state index contributed by atoms with van der Waals surface area (Å²) in [6.07, 6.45) is -0.258. The minimum atomic E-state index is -1.04. The zero-order valence-corrected chi connectivity index (χ0v) is 13.3. The number of hydrogen-bond donors (Lipinski definition) is 1. The molecular formula is C14H25NO5. The van der Waals surface area contributed by atoms with Gasteiger partial charge in [0.05, 0.1) is 6.42 Å². The van der Waals surface area contributed by atoms with E-state index in [1.165, 1.54) is 6.92 Å². The Balaban J connectivity index is 4.77. The largest absolute Gasteiger partial charge is 0.460 e. The first-order valence-corrected chi connectivity index (χ1v) is 6.52. The summed E-state index contributed by atoms with van der Waals surface area (Å²) < 4.78 is 10.3. The van der Waals surface area contributed by atoms with Crippen LogP contribution in [0.15, 0.2) is 0 Å². The molecule has 6 heteroatoms. The molecule has 1 atom stereocenters. The van der Waals surface area contributed by atoms with Gasteiger partial charge in [0.15, 0.2) is 0 Å². The van der Waals surface area contributed by atoms with Gasteiger partial charge in [-0.25, -0.2) is 4.79 Å². The fraction of sp³-hybridized carbons (Fsp3) is 0.786. The maximum Gasteiger partial charge on any atom is 0.329 e. The third kappa shape index (κ3) is 9.35. The molecule has 0 aliphatic heterocycles. The highest BCUT2D eigenvalue weighted by molar-refractivity contribution is 5.87. The molecular weight excluding hydrogens is 262 g/mol. The molecule has 6 nitrogen and oxygen atoms in total. The lowest BCUT2D eigenvalue weighted by molar-refractivity contribution is -0.165. The van der Waals surface area contributed by atoms with Crippen molar-refractivity contribution in [1.82, 2.24) is 5.32 Å². The molecule has 20 heavy (non-hydrogen) atoms. The molecule has 0 aromatic heterocycles. The van der Waals surface area contributed by atoms with E-state index in [2.05, 4.69) is 5.32 Å². The highest BCUT2D eigenvalue weighted by atomic mass is 16.6. The van der Waals surface area contributed by atoms with E-state index < -0.39 is 35.1 Å². The third-order valence-corrected chi connectivity index (χ3v) is 1.86. The van der Waals surface area contributed by atoms with Crippen molar-refractivity contribution in [3.05, 3.63) is 0 Å². The van der Waals surface area contributed by atoms with Gasteiger partial charge in [-0.15, -0.1) is 0 Å². The van der Waals surface area contributed by atoms with Crippen molar-refractivity contribution in [3.8, 4) is 0 Å². The van der Waals surface area contributed by atoms with Gasteiger partial charge in [0.25, 0.3) is 0 Å². The topological polar surface area (TPSA) is 81.7 Å². The van der Waals surface area contributed by atoms with Crippen LogP contribution in [0.2, 0.25) is 0 Å². The van der Waals surface area contributed by atoms with Crippen molar-refractivity contribution in [2.45, 2.75) is 72.1 Å². The number of carbonyl (C=O) groups excluding carboxylic acids is 3. The molecule has 0 aromatic rings. The van der Waals surface area contributed by atoms with Crippen molar-refractivity contribution < 1.29 is 23.9 Å². The van der Waals surface area contributed by atoms with Gasteiger partial charge in [-0.05, 0) is 41.5 Å². The fourth-order valence-electron chi connectivity index (χ4n) is 1.36. The monoisotopic (exact) mass is 287 g/mol. The SMILES string of the molecule is CC(=O)N[C@H](CC(=O)OC(C)(C)C)C(=O)OC(C)(C)C. The molecule has 0 saturated heterocycles. The van der Waals surface area contributed by atoms with Crippen LogP contribution in [0.3, 0.4) is 0 Å². The predicted molar refractivity (Wildman–Crippen MR) is 73.9 cm³/mol. The van der Waals surface area contributed by atoms with Crippen molar-refractivity contribution in [1.29, 1.82) is 0 Å². The van der Waals surface area contributed by atoms with Gasteiger partial charge in [-0.1, -0.05) is 0 Å². The number of amides is 1. The van der Waals surface area contributed by atoms with Gasteiger partial charge in [0.1, 0.15) is 17.2 Å². The fourth-order valence-corrected chi connectivity index (χ4v) is 1.36. The Kier molecular flexibility index (Phi) is 6.19. The molecule has 116 valence electrons. The molecule has 0 aromatic carbocycles. The van der Waals surface area contributed by atoms with E-state index in [1.807, 2.05) is 0 Å². The molecule has 0 aliphatic rings. The average Bonchev–Trinajstić information content (AvgIpc) is 2.09. The van der Waals surface area contributed by atoms with Crippen LogP contribution in [0.4, 0.5) is 0 Å². The minimum Gasteiger partial charge on any atom is -0.460 e. The Bertz CT molecular complexity index is 376. The number of ether oxygens (including phenoxy) is 2. The maximum atomic E-state index is 12.0. The van der Waals surface area contributed by atoms with Gasteiger partial charge < -0.3 is 14.8 Å². The second-order valence-electron chi connectivity index (χ2n) is 6.58. The molecule has 0 unspecified atom stereocenters. The van der Waals surface area contributed by atoms with Crippen LogP contribution in [0.25, 0.3) is 0 Å². The number of carbonyl (C=O) groups is 3. The van der Waals surface area contributed by atoms with Gasteiger partial charge in [-0.2, -0.15) is 0 Å². The van der Waals surface area contributed by atoms with Gasteiger partial charge in [-0.3, -0.25) is 9.59 Å². The second-order valence-corrected chi connectivity index (χ2v) is 6.58. The van der Waals surface area contributed by atoms with E-state index in [0.29, 0.717) is 0 Å². The average molecular weight is 287 g/mol. The summed E-state index contributed by atoms with van der Waals surface area (Å²) >= 11 is 0. The number of hydrogen-bond acceptors (Lipinski definition) is 5. The van der Waals surface area contributed by atoms with Gasteiger partial charge in [0.2, 0.25) is 5.91 Å². The Morgan fingerprint density at radius 1 is 0.950 bits per heavy atom. The smallest absolute Gasteiger partial charge is 0.329 e. The molecule has 0 bridgehead atoms. The Morgan fingerprint density at radius 3 is 1.75 bits per heavy atom. The molecule has 0 fully saturated rings. The first kappa shape index (κ1) is 18.4. The van der Waals surface area contributed by atoms with Crippen LogP contribution < -0.4 is 5.32 Å². The summed E-state index contributed by atoms with van der Waals surface area (Å²) in [4.78, 5) is 34.8. The summed E-state index contributed by atoms with van der Waals surface area (Å²) in [6.45, 7) is 11.6. The molecule has 0 aliphatic carbocycles. The van der Waals surface area contributed by atoms with Crippen LogP contribution in [-0.4, -0.2) is 35.1 Å². The van der Waals surface area contributed by atoms with Crippen LogP contribution in [0.5, 0.6) is 0 Å². The van der Waals surface area contributed by atoms with Crippen LogP contribution in [0.1, 0.15) is 54.9 Å². The number of rotatable bonds is 4. The van der Waals surface area contributed by atoms with E-state index in [-0.39, 0.29) is 6.42 Å². The van der Waals surface area contributed by atoms with Crippen molar-refractivity contribution >= 4 is 17.8 Å². The highest BCUT2D eigenvalue weighted by Crippen LogP contribution is 2.13. The van der Waals surface area contributed by atoms with Crippen molar-refractivity contribution in [2.75, 3.05) is 0 Å². The van der Waals surface area contributed by atoms with Crippen LogP contribution in [0, 0.1) is 0 Å². The quantitative estimate of drug-likeness (QED) is 0.794. The first-order valence-electron chi connectivity index (χ1n) is 6.52. The molecule has 1 N–H and O–H groups in total. The zero-order chi connectivity index (χ0) is 16.1. The van der Waals surface area contributed by atoms with Crippen LogP contribution >= 0.6 is 0 Å². The van der Waals surface area contributed by atoms with Crippen molar-refractivity contribution in [2.24, 2.45) is 0 Å². The summed E-state index contributed by atoms with van der Waals surface area (Å²) in [5, 5.41) is 2.40. The predicted octanol–water partition coefficient (Wildman–Crippen LogP) is 1.56. The Labute approximate surface area is 120 Å². The van der Waals surface area contributed by atoms with E-state index >= 15 is 0 Å². The molecule has 0 saturated carbocycles. The lowest BCUT2D eigenvalue weighted by Crippen LogP contribution is -2.45. The zero-order valence-electron chi connectivity index (χ0n) is 13.3. The minimum absolute atomic E-state index is 0.258. The van der Waals surface area contributed by atoms with Crippen LogP contribution in [-0.2, 0) is 23.9 Å². The first-order chi connectivity index (χ1) is 8.80. The lowest BCUT2D eigenvalue weighted by atomic mass is 10.1. The summed E-state index contributed by atoms with van der Waals surface area (Å²) in [7, 11) is 0. The molecule has 0 radical (unpaired) electrons. The van der Waals surface area contributed by atoms with E-state index in [0.717, 1.165) is 0 Å². The number of nitrogens with one attached hydrogen (secondary N) is 1. The van der Waals surface area contributed by atoms with E-state index in [4.69, 9.17) is 9.47 Å². The van der Waals surface area contributed by atoms with Crippen molar-refractivity contribution in [3.63, 3.8) is 0 Å². The molecule has 0 spiro atoms. The van der Waals surface area contributed by atoms with E-state index in [9.17, 15) is 14.4 Å². The Hall–Kier alpha value is -1.59.